The Balaban J connectivity index is 2.14. The van der Waals surface area contributed by atoms with Crippen LogP contribution in [0.25, 0.3) is 11.3 Å². The van der Waals surface area contributed by atoms with Crippen LogP contribution in [-0.2, 0) is 13.0 Å². The fourth-order valence-corrected chi connectivity index (χ4v) is 2.34. The molecule has 0 amide bonds. The van der Waals surface area contributed by atoms with Crippen LogP contribution < -0.4 is 0 Å². The fraction of sp³-hybridized carbons (Fsp3) is 0.250. The Kier molecular flexibility index (Phi) is 2.14. The third-order valence-electron chi connectivity index (χ3n) is 2.91. The SMILES string of the molecule is Oc1c(-c2cccc(Cl)c2)nn2c1CCC2. The Bertz CT molecular complexity index is 548. The number of hydrogen-bond donors (Lipinski definition) is 1. The summed E-state index contributed by atoms with van der Waals surface area (Å²) in [5, 5.41) is 15.1. The van der Waals surface area contributed by atoms with Gasteiger partial charge in [-0.15, -0.1) is 0 Å². The molecule has 0 saturated heterocycles. The predicted molar refractivity (Wildman–Crippen MR) is 62.7 cm³/mol. The van der Waals surface area contributed by atoms with Crippen molar-refractivity contribution in [3.05, 3.63) is 35.0 Å². The van der Waals surface area contributed by atoms with Gasteiger partial charge in [-0.1, -0.05) is 23.7 Å². The van der Waals surface area contributed by atoms with Crippen LogP contribution >= 0.6 is 11.6 Å². The molecule has 1 aliphatic rings. The lowest BCUT2D eigenvalue weighted by atomic mass is 10.1. The van der Waals surface area contributed by atoms with Crippen LogP contribution in [0.2, 0.25) is 5.02 Å². The van der Waals surface area contributed by atoms with Gasteiger partial charge in [-0.2, -0.15) is 5.10 Å². The first-order valence-electron chi connectivity index (χ1n) is 5.30. The van der Waals surface area contributed by atoms with E-state index in [9.17, 15) is 5.11 Å². The number of fused-ring (bicyclic) bond motifs is 1. The molecule has 0 radical (unpaired) electrons. The maximum absolute atomic E-state index is 10.1. The second kappa shape index (κ2) is 3.52. The first-order valence-corrected chi connectivity index (χ1v) is 5.68. The minimum absolute atomic E-state index is 0.305. The Morgan fingerprint density at radius 2 is 2.25 bits per heavy atom. The van der Waals surface area contributed by atoms with Crippen LogP contribution in [0.4, 0.5) is 0 Å². The Morgan fingerprint density at radius 3 is 3.00 bits per heavy atom. The standard InChI is InChI=1S/C12H11ClN2O/c13-9-4-1-3-8(7-9)11-12(16)10-5-2-6-15(10)14-11/h1,3-4,7,16H,2,5-6H2. The molecule has 1 N–H and O–H groups in total. The van der Waals surface area contributed by atoms with Crippen molar-refractivity contribution in [3.8, 4) is 17.0 Å². The fourth-order valence-electron chi connectivity index (χ4n) is 2.15. The van der Waals surface area contributed by atoms with Crippen LogP contribution in [0.5, 0.6) is 5.75 Å². The summed E-state index contributed by atoms with van der Waals surface area (Å²) < 4.78 is 1.88. The molecule has 16 heavy (non-hydrogen) atoms. The molecular weight excluding hydrogens is 224 g/mol. The average Bonchev–Trinajstić information content (AvgIpc) is 2.82. The van der Waals surface area contributed by atoms with Gasteiger partial charge in [0.15, 0.2) is 5.75 Å². The molecule has 0 aliphatic carbocycles. The van der Waals surface area contributed by atoms with E-state index in [1.54, 1.807) is 0 Å². The third kappa shape index (κ3) is 1.39. The quantitative estimate of drug-likeness (QED) is 0.824. The number of hydrogen-bond acceptors (Lipinski definition) is 2. The van der Waals surface area contributed by atoms with Gasteiger partial charge >= 0.3 is 0 Å². The van der Waals surface area contributed by atoms with Crippen LogP contribution in [0.1, 0.15) is 12.1 Å². The molecule has 2 heterocycles. The molecule has 0 fully saturated rings. The van der Waals surface area contributed by atoms with Crippen LogP contribution in [0.3, 0.4) is 0 Å². The second-order valence-electron chi connectivity index (χ2n) is 3.98. The third-order valence-corrected chi connectivity index (χ3v) is 3.15. The first-order chi connectivity index (χ1) is 7.75. The van der Waals surface area contributed by atoms with Gasteiger partial charge in [0.25, 0.3) is 0 Å². The highest BCUT2D eigenvalue weighted by Gasteiger charge is 2.21. The summed E-state index contributed by atoms with van der Waals surface area (Å²) in [5.41, 5.74) is 2.44. The van der Waals surface area contributed by atoms with E-state index in [2.05, 4.69) is 5.10 Å². The molecule has 1 aliphatic heterocycles. The Labute approximate surface area is 98.3 Å². The molecule has 0 unspecified atom stereocenters. The van der Waals surface area contributed by atoms with Crippen LogP contribution in [-0.4, -0.2) is 14.9 Å². The summed E-state index contributed by atoms with van der Waals surface area (Å²) in [4.78, 5) is 0. The van der Waals surface area contributed by atoms with Crippen molar-refractivity contribution in [1.82, 2.24) is 9.78 Å². The number of aryl methyl sites for hydroxylation is 1. The van der Waals surface area contributed by atoms with Crippen molar-refractivity contribution in [3.63, 3.8) is 0 Å². The van der Waals surface area contributed by atoms with E-state index in [-0.39, 0.29) is 0 Å². The zero-order chi connectivity index (χ0) is 11.1. The summed E-state index contributed by atoms with van der Waals surface area (Å²) in [7, 11) is 0. The van der Waals surface area contributed by atoms with E-state index in [0.717, 1.165) is 30.6 Å². The maximum atomic E-state index is 10.1. The van der Waals surface area contributed by atoms with Gasteiger partial charge in [0.05, 0.1) is 5.69 Å². The van der Waals surface area contributed by atoms with Crippen LogP contribution in [0, 0.1) is 0 Å². The largest absolute Gasteiger partial charge is 0.504 e. The van der Waals surface area contributed by atoms with E-state index in [4.69, 9.17) is 11.6 Å². The maximum Gasteiger partial charge on any atom is 0.164 e. The molecule has 2 aromatic rings. The van der Waals surface area contributed by atoms with E-state index in [1.807, 2.05) is 28.9 Å². The van der Waals surface area contributed by atoms with Crippen LogP contribution in [0.15, 0.2) is 24.3 Å². The van der Waals surface area contributed by atoms with Gasteiger partial charge in [-0.05, 0) is 25.0 Å². The van der Waals surface area contributed by atoms with Gasteiger partial charge in [0.2, 0.25) is 0 Å². The van der Waals surface area contributed by atoms with Gasteiger partial charge in [-0.3, -0.25) is 4.68 Å². The number of halogens is 1. The number of benzene rings is 1. The summed E-state index contributed by atoms with van der Waals surface area (Å²) in [6, 6.07) is 7.40. The molecule has 3 nitrogen and oxygen atoms in total. The molecule has 1 aromatic heterocycles. The lowest BCUT2D eigenvalue weighted by Crippen LogP contribution is -1.94. The minimum Gasteiger partial charge on any atom is -0.504 e. The number of nitrogens with zero attached hydrogens (tertiary/aromatic N) is 2. The topological polar surface area (TPSA) is 38.1 Å². The molecule has 82 valence electrons. The highest BCUT2D eigenvalue weighted by atomic mass is 35.5. The number of rotatable bonds is 1. The van der Waals surface area contributed by atoms with Crippen molar-refractivity contribution >= 4 is 11.6 Å². The van der Waals surface area contributed by atoms with Crippen molar-refractivity contribution in [2.45, 2.75) is 19.4 Å². The minimum atomic E-state index is 0.305. The van der Waals surface area contributed by atoms with Gasteiger partial charge in [0, 0.05) is 17.1 Å². The van der Waals surface area contributed by atoms with E-state index >= 15 is 0 Å². The molecule has 0 bridgehead atoms. The summed E-state index contributed by atoms with van der Waals surface area (Å²) >= 11 is 5.93. The Hall–Kier alpha value is -1.48. The van der Waals surface area contributed by atoms with Crippen molar-refractivity contribution in [2.75, 3.05) is 0 Å². The highest BCUT2D eigenvalue weighted by molar-refractivity contribution is 6.30. The zero-order valence-corrected chi connectivity index (χ0v) is 9.41. The van der Waals surface area contributed by atoms with Gasteiger partial charge in [-0.25, -0.2) is 0 Å². The molecular formula is C12H11ClN2O. The normalized spacial score (nSPS) is 14.1. The molecule has 4 heteroatoms. The molecule has 0 spiro atoms. The average molecular weight is 235 g/mol. The monoisotopic (exact) mass is 234 g/mol. The van der Waals surface area contributed by atoms with Gasteiger partial charge < -0.3 is 5.11 Å². The molecule has 0 atom stereocenters. The number of aromatic hydroxyl groups is 1. The zero-order valence-electron chi connectivity index (χ0n) is 8.65. The van der Waals surface area contributed by atoms with Crippen molar-refractivity contribution in [2.24, 2.45) is 0 Å². The summed E-state index contributed by atoms with van der Waals surface area (Å²) in [6.45, 7) is 0.892. The predicted octanol–water partition coefficient (Wildman–Crippen LogP) is 2.86. The lowest BCUT2D eigenvalue weighted by molar-refractivity contribution is 0.471. The summed E-state index contributed by atoms with van der Waals surface area (Å²) in [6.07, 6.45) is 1.96. The van der Waals surface area contributed by atoms with Crippen molar-refractivity contribution < 1.29 is 5.11 Å². The highest BCUT2D eigenvalue weighted by Crippen LogP contribution is 2.35. The molecule has 0 saturated carbocycles. The first kappa shape index (κ1) is 9.73. The molecule has 3 rings (SSSR count). The van der Waals surface area contributed by atoms with E-state index in [0.29, 0.717) is 16.5 Å². The van der Waals surface area contributed by atoms with E-state index < -0.39 is 0 Å². The molecule has 1 aromatic carbocycles. The second-order valence-corrected chi connectivity index (χ2v) is 4.42. The lowest BCUT2D eigenvalue weighted by Gasteiger charge is -1.99. The Morgan fingerprint density at radius 1 is 1.38 bits per heavy atom. The summed E-state index contributed by atoms with van der Waals surface area (Å²) in [5.74, 6) is 0.305. The van der Waals surface area contributed by atoms with E-state index in [1.165, 1.54) is 0 Å². The smallest absolute Gasteiger partial charge is 0.164 e. The van der Waals surface area contributed by atoms with Gasteiger partial charge in [0.1, 0.15) is 5.69 Å². The number of aromatic nitrogens is 2. The van der Waals surface area contributed by atoms with Crippen molar-refractivity contribution in [1.29, 1.82) is 0 Å².